The van der Waals surface area contributed by atoms with Crippen molar-refractivity contribution < 1.29 is 13.6 Å². The van der Waals surface area contributed by atoms with Gasteiger partial charge in [0.2, 0.25) is 0 Å². The van der Waals surface area contributed by atoms with Gasteiger partial charge in [0.1, 0.15) is 17.4 Å². The number of piperidine rings is 1. The Morgan fingerprint density at radius 2 is 2.11 bits per heavy atom. The number of hydrogen-bond donors (Lipinski definition) is 2. The highest BCUT2D eigenvalue weighted by atomic mass is 19.1. The van der Waals surface area contributed by atoms with Gasteiger partial charge in [0.15, 0.2) is 5.76 Å². The molecule has 0 aliphatic carbocycles. The smallest absolute Gasteiger partial charge is 0.287 e. The number of aromatic nitrogens is 2. The molecule has 3 heterocycles. The Balaban J connectivity index is 1.38. The molecule has 1 amide bonds. The van der Waals surface area contributed by atoms with Gasteiger partial charge in [0, 0.05) is 0 Å². The van der Waals surface area contributed by atoms with E-state index in [9.17, 15) is 9.18 Å². The molecular weight excluding hydrogens is 347 g/mol. The summed E-state index contributed by atoms with van der Waals surface area (Å²) in [4.78, 5) is 22.1. The number of nitrogens with zero attached hydrogens (tertiary/aromatic N) is 2. The van der Waals surface area contributed by atoms with E-state index in [1.54, 1.807) is 12.1 Å². The molecule has 7 heteroatoms. The van der Waals surface area contributed by atoms with Crippen LogP contribution in [0, 0.1) is 5.82 Å². The predicted molar refractivity (Wildman–Crippen MR) is 99.8 cm³/mol. The Bertz CT molecular complexity index is 943. The third-order valence-corrected chi connectivity index (χ3v) is 5.11. The van der Waals surface area contributed by atoms with E-state index < -0.39 is 0 Å². The second kappa shape index (κ2) is 7.52. The quantitative estimate of drug-likeness (QED) is 0.717. The lowest BCUT2D eigenvalue weighted by Crippen LogP contribution is -2.32. The lowest BCUT2D eigenvalue weighted by Gasteiger charge is -2.31. The number of fused-ring (bicyclic) bond motifs is 1. The molecular formula is C20H23FN4O2. The minimum atomic E-state index is -0.326. The van der Waals surface area contributed by atoms with Crippen LogP contribution in [0.2, 0.25) is 0 Å². The Morgan fingerprint density at radius 1 is 1.30 bits per heavy atom. The lowest BCUT2D eigenvalue weighted by molar-refractivity contribution is 0.0913. The number of nitrogens with one attached hydrogen (secondary N) is 2. The summed E-state index contributed by atoms with van der Waals surface area (Å²) >= 11 is 0. The van der Waals surface area contributed by atoms with Crippen molar-refractivity contribution in [2.75, 3.05) is 13.1 Å². The number of rotatable bonds is 5. The van der Waals surface area contributed by atoms with Crippen LogP contribution in [0.3, 0.4) is 0 Å². The monoisotopic (exact) mass is 370 g/mol. The van der Waals surface area contributed by atoms with Crippen LogP contribution in [0.1, 0.15) is 54.4 Å². The van der Waals surface area contributed by atoms with Gasteiger partial charge < -0.3 is 14.7 Å². The van der Waals surface area contributed by atoms with Crippen molar-refractivity contribution >= 4 is 16.9 Å². The van der Waals surface area contributed by atoms with Crippen LogP contribution in [0.5, 0.6) is 0 Å². The van der Waals surface area contributed by atoms with Crippen LogP contribution in [-0.4, -0.2) is 33.9 Å². The summed E-state index contributed by atoms with van der Waals surface area (Å²) in [7, 11) is 0. The maximum absolute atomic E-state index is 13.2. The molecule has 1 fully saturated rings. The van der Waals surface area contributed by atoms with Crippen LogP contribution in [0.25, 0.3) is 11.0 Å². The van der Waals surface area contributed by atoms with E-state index in [0.29, 0.717) is 16.9 Å². The number of imidazole rings is 1. The summed E-state index contributed by atoms with van der Waals surface area (Å²) in [5, 5.41) is 2.79. The number of amides is 1. The second-order valence-electron chi connectivity index (χ2n) is 7.00. The topological polar surface area (TPSA) is 74.2 Å². The summed E-state index contributed by atoms with van der Waals surface area (Å²) < 4.78 is 19.0. The van der Waals surface area contributed by atoms with Crippen molar-refractivity contribution in [3.05, 3.63) is 53.5 Å². The molecule has 142 valence electrons. The number of likely N-dealkylation sites (tertiary alicyclic amines) is 1. The second-order valence-corrected chi connectivity index (χ2v) is 7.00. The zero-order valence-corrected chi connectivity index (χ0v) is 15.3. The molecule has 1 aliphatic heterocycles. The maximum atomic E-state index is 13.2. The van der Waals surface area contributed by atoms with Crippen molar-refractivity contribution in [3.63, 3.8) is 0 Å². The Kier molecular flexibility index (Phi) is 4.94. The SMILES string of the molecule is CC(c1ccc(C(=O)NCc2nc3ccc(F)cc3[nH]2)o1)N1CCCCC1. The van der Waals surface area contributed by atoms with E-state index in [-0.39, 0.29) is 30.1 Å². The number of halogens is 1. The molecule has 0 spiro atoms. The van der Waals surface area contributed by atoms with E-state index in [1.807, 2.05) is 6.07 Å². The number of carbonyl (C=O) groups excluding carboxylic acids is 1. The van der Waals surface area contributed by atoms with E-state index in [4.69, 9.17) is 4.42 Å². The molecule has 1 aliphatic rings. The van der Waals surface area contributed by atoms with Crippen molar-refractivity contribution in [3.8, 4) is 0 Å². The molecule has 0 radical (unpaired) electrons. The fourth-order valence-electron chi connectivity index (χ4n) is 3.55. The molecule has 1 saturated heterocycles. The minimum absolute atomic E-state index is 0.164. The minimum Gasteiger partial charge on any atom is -0.454 e. The molecule has 27 heavy (non-hydrogen) atoms. The Morgan fingerprint density at radius 3 is 2.93 bits per heavy atom. The average molecular weight is 370 g/mol. The summed E-state index contributed by atoms with van der Waals surface area (Å²) in [5.74, 6) is 1.04. The molecule has 1 unspecified atom stereocenters. The maximum Gasteiger partial charge on any atom is 0.287 e. The highest BCUT2D eigenvalue weighted by Gasteiger charge is 2.22. The molecule has 2 N–H and O–H groups in total. The van der Waals surface area contributed by atoms with Crippen LogP contribution in [-0.2, 0) is 6.54 Å². The molecule has 1 atom stereocenters. The normalized spacial score (nSPS) is 16.5. The van der Waals surface area contributed by atoms with Gasteiger partial charge in [-0.1, -0.05) is 6.42 Å². The first kappa shape index (κ1) is 17.7. The van der Waals surface area contributed by atoms with E-state index in [2.05, 4.69) is 27.1 Å². The lowest BCUT2D eigenvalue weighted by atomic mass is 10.1. The summed E-state index contributed by atoms with van der Waals surface area (Å²) in [6.45, 7) is 4.46. The molecule has 6 nitrogen and oxygen atoms in total. The van der Waals surface area contributed by atoms with Gasteiger partial charge in [-0.05, 0) is 63.2 Å². The van der Waals surface area contributed by atoms with Gasteiger partial charge in [-0.25, -0.2) is 9.37 Å². The van der Waals surface area contributed by atoms with E-state index in [0.717, 1.165) is 18.8 Å². The first-order chi connectivity index (χ1) is 13.1. The van der Waals surface area contributed by atoms with Gasteiger partial charge in [0.05, 0.1) is 23.6 Å². The van der Waals surface area contributed by atoms with E-state index >= 15 is 0 Å². The number of hydrogen-bond acceptors (Lipinski definition) is 4. The number of benzene rings is 1. The number of aromatic amines is 1. The number of furan rings is 1. The molecule has 3 aromatic rings. The highest BCUT2D eigenvalue weighted by molar-refractivity contribution is 5.91. The zero-order valence-electron chi connectivity index (χ0n) is 15.3. The van der Waals surface area contributed by atoms with Crippen LogP contribution in [0.15, 0.2) is 34.7 Å². The summed E-state index contributed by atoms with van der Waals surface area (Å²) in [5.41, 5.74) is 1.27. The van der Waals surface area contributed by atoms with Crippen LogP contribution >= 0.6 is 0 Å². The Hall–Kier alpha value is -2.67. The first-order valence-electron chi connectivity index (χ1n) is 9.36. The zero-order chi connectivity index (χ0) is 18.8. The third-order valence-electron chi connectivity index (χ3n) is 5.11. The van der Waals surface area contributed by atoms with Gasteiger partial charge in [-0.3, -0.25) is 9.69 Å². The molecule has 2 aromatic heterocycles. The van der Waals surface area contributed by atoms with Crippen molar-refractivity contribution in [2.45, 2.75) is 38.8 Å². The van der Waals surface area contributed by atoms with Gasteiger partial charge in [0.25, 0.3) is 5.91 Å². The standard InChI is InChI=1S/C20H23FN4O2/c1-13(25-9-3-2-4-10-25)17-7-8-18(27-17)20(26)22-12-19-23-15-6-5-14(21)11-16(15)24-19/h5-8,11,13H,2-4,9-10,12H2,1H3,(H,22,26)(H,23,24). The van der Waals surface area contributed by atoms with Gasteiger partial charge >= 0.3 is 0 Å². The van der Waals surface area contributed by atoms with Crippen LogP contribution in [0.4, 0.5) is 4.39 Å². The fraction of sp³-hybridized carbons (Fsp3) is 0.400. The fourth-order valence-corrected chi connectivity index (χ4v) is 3.55. The van der Waals surface area contributed by atoms with Crippen molar-refractivity contribution in [1.29, 1.82) is 0 Å². The number of carbonyl (C=O) groups is 1. The molecule has 0 saturated carbocycles. The summed E-state index contributed by atoms with van der Waals surface area (Å²) in [6, 6.07) is 8.09. The first-order valence-corrected chi connectivity index (χ1v) is 9.36. The molecule has 1 aromatic carbocycles. The predicted octanol–water partition coefficient (Wildman–Crippen LogP) is 3.77. The third kappa shape index (κ3) is 3.88. The average Bonchev–Trinajstić information content (AvgIpc) is 3.33. The van der Waals surface area contributed by atoms with Crippen molar-refractivity contribution in [2.24, 2.45) is 0 Å². The van der Waals surface area contributed by atoms with Crippen molar-refractivity contribution in [1.82, 2.24) is 20.2 Å². The summed E-state index contributed by atoms with van der Waals surface area (Å²) in [6.07, 6.45) is 3.70. The van der Waals surface area contributed by atoms with E-state index in [1.165, 1.54) is 31.4 Å². The van der Waals surface area contributed by atoms with Gasteiger partial charge in [-0.2, -0.15) is 0 Å². The van der Waals surface area contributed by atoms with Crippen LogP contribution < -0.4 is 5.32 Å². The Labute approximate surface area is 156 Å². The highest BCUT2D eigenvalue weighted by Crippen LogP contribution is 2.25. The molecule has 4 rings (SSSR count). The number of H-pyrrole nitrogens is 1. The largest absolute Gasteiger partial charge is 0.454 e. The van der Waals surface area contributed by atoms with Gasteiger partial charge in [-0.15, -0.1) is 0 Å². The molecule has 0 bridgehead atoms.